The molecule has 1 aromatic rings. The van der Waals surface area contributed by atoms with Crippen molar-refractivity contribution >= 4 is 40.1 Å². The second-order valence-corrected chi connectivity index (χ2v) is 4.38. The van der Waals surface area contributed by atoms with Gasteiger partial charge in [0.05, 0.1) is 7.11 Å². The molecule has 0 amide bonds. The van der Waals surface area contributed by atoms with Crippen LogP contribution in [-0.4, -0.2) is 40.4 Å². The van der Waals surface area contributed by atoms with Crippen LogP contribution in [-0.2, 0) is 9.53 Å². The van der Waals surface area contributed by atoms with Crippen LogP contribution in [0.25, 0.3) is 5.57 Å². The average Bonchev–Trinajstić information content (AvgIpc) is 2.77. The highest BCUT2D eigenvalue weighted by Gasteiger charge is 2.12. The molecule has 0 radical (unpaired) electrons. The molecule has 1 aromatic heterocycles. The maximum atomic E-state index is 11.1. The van der Waals surface area contributed by atoms with E-state index in [4.69, 9.17) is 0 Å². The molecule has 0 bridgehead atoms. The molecule has 0 aromatic carbocycles. The summed E-state index contributed by atoms with van der Waals surface area (Å²) in [5.74, 6) is 0.551. The highest BCUT2D eigenvalue weighted by atomic mass is 79.9. The molecule has 0 atom stereocenters. The van der Waals surface area contributed by atoms with E-state index in [-0.39, 0.29) is 29.5 Å². The largest absolute Gasteiger partial charge is 0.468 e. The number of halogens is 1. The first-order valence-corrected chi connectivity index (χ1v) is 5.96. The summed E-state index contributed by atoms with van der Waals surface area (Å²) in [6.45, 7) is 2.82. The average molecular weight is 332 g/mol. The fourth-order valence-electron chi connectivity index (χ4n) is 1.45. The smallest absolute Gasteiger partial charge is 0.325 e. The van der Waals surface area contributed by atoms with Gasteiger partial charge in [0.1, 0.15) is 17.4 Å². The monoisotopic (exact) mass is 331 g/mol. The van der Waals surface area contributed by atoms with Gasteiger partial charge in [-0.15, -0.1) is 17.0 Å². The van der Waals surface area contributed by atoms with Crippen LogP contribution in [0, 0.1) is 6.92 Å². The van der Waals surface area contributed by atoms with E-state index >= 15 is 0 Å². The third-order valence-corrected chi connectivity index (χ3v) is 3.20. The number of nitrogens with zero attached hydrogens (tertiary/aromatic N) is 3. The van der Waals surface area contributed by atoms with Crippen LogP contribution in [0.1, 0.15) is 10.8 Å². The number of aryl methyl sites for hydroxylation is 1. The fourth-order valence-corrected chi connectivity index (χ4v) is 2.14. The Balaban J connectivity index is 0.00000162. The SMILES string of the molecule is Br.COC(=O)CN1C=CC(c2nc(C)ns2)=CC1. The molecule has 0 spiro atoms. The van der Waals surface area contributed by atoms with Crippen molar-refractivity contribution < 1.29 is 9.53 Å². The van der Waals surface area contributed by atoms with Crippen molar-refractivity contribution in [2.24, 2.45) is 0 Å². The highest BCUT2D eigenvalue weighted by Crippen LogP contribution is 2.20. The minimum Gasteiger partial charge on any atom is -0.468 e. The molecule has 0 N–H and O–H groups in total. The number of carbonyl (C=O) groups is 1. The van der Waals surface area contributed by atoms with E-state index in [9.17, 15) is 4.79 Å². The minimum absolute atomic E-state index is 0. The number of carbonyl (C=O) groups excluding carboxylic acids is 1. The first kappa shape index (κ1) is 14.8. The van der Waals surface area contributed by atoms with E-state index in [1.165, 1.54) is 18.6 Å². The first-order valence-electron chi connectivity index (χ1n) is 5.19. The van der Waals surface area contributed by atoms with Gasteiger partial charge in [-0.25, -0.2) is 4.98 Å². The maximum Gasteiger partial charge on any atom is 0.325 e. The van der Waals surface area contributed by atoms with E-state index < -0.39 is 0 Å². The Labute approximate surface area is 120 Å². The molecule has 0 saturated carbocycles. The van der Waals surface area contributed by atoms with Gasteiger partial charge in [-0.2, -0.15) is 4.37 Å². The molecule has 1 aliphatic rings. The third-order valence-electron chi connectivity index (χ3n) is 2.35. The lowest BCUT2D eigenvalue weighted by Gasteiger charge is -2.20. The van der Waals surface area contributed by atoms with E-state index in [1.54, 1.807) is 0 Å². The predicted molar refractivity (Wildman–Crippen MR) is 75.7 cm³/mol. The molecular formula is C11H14BrN3O2S. The number of methoxy groups -OCH3 is 1. The fraction of sp³-hybridized carbons (Fsp3) is 0.364. The molecule has 18 heavy (non-hydrogen) atoms. The number of ether oxygens (including phenoxy) is 1. The zero-order valence-electron chi connectivity index (χ0n) is 10.1. The lowest BCUT2D eigenvalue weighted by molar-refractivity contribution is -0.141. The van der Waals surface area contributed by atoms with Gasteiger partial charge in [-0.05, 0) is 24.5 Å². The zero-order valence-corrected chi connectivity index (χ0v) is 12.7. The summed E-state index contributed by atoms with van der Waals surface area (Å²) in [5, 5.41) is 0.913. The quantitative estimate of drug-likeness (QED) is 0.790. The van der Waals surface area contributed by atoms with Crippen LogP contribution >= 0.6 is 28.5 Å². The Morgan fingerprint density at radius 2 is 2.39 bits per heavy atom. The molecule has 0 aliphatic carbocycles. The van der Waals surface area contributed by atoms with E-state index in [1.807, 2.05) is 30.2 Å². The summed E-state index contributed by atoms with van der Waals surface area (Å²) in [6, 6.07) is 0. The molecule has 0 fully saturated rings. The van der Waals surface area contributed by atoms with Crippen molar-refractivity contribution in [3.63, 3.8) is 0 Å². The lowest BCUT2D eigenvalue weighted by Crippen LogP contribution is -2.27. The van der Waals surface area contributed by atoms with Crippen molar-refractivity contribution in [1.82, 2.24) is 14.3 Å². The number of hydrogen-bond acceptors (Lipinski definition) is 6. The number of esters is 1. The number of hydrogen-bond donors (Lipinski definition) is 0. The van der Waals surface area contributed by atoms with Crippen LogP contribution in [0.3, 0.4) is 0 Å². The summed E-state index contributed by atoms with van der Waals surface area (Å²) in [4.78, 5) is 17.3. The number of aromatic nitrogens is 2. The highest BCUT2D eigenvalue weighted by molar-refractivity contribution is 8.93. The topological polar surface area (TPSA) is 55.3 Å². The minimum atomic E-state index is -0.238. The van der Waals surface area contributed by atoms with E-state index in [2.05, 4.69) is 14.1 Å². The van der Waals surface area contributed by atoms with Gasteiger partial charge in [-0.1, -0.05) is 6.08 Å². The Morgan fingerprint density at radius 3 is 2.89 bits per heavy atom. The van der Waals surface area contributed by atoms with Crippen molar-refractivity contribution in [1.29, 1.82) is 0 Å². The zero-order chi connectivity index (χ0) is 12.3. The van der Waals surface area contributed by atoms with Gasteiger partial charge in [0.15, 0.2) is 0 Å². The van der Waals surface area contributed by atoms with Gasteiger partial charge in [0.2, 0.25) is 0 Å². The molecule has 0 unspecified atom stereocenters. The second kappa shape index (κ2) is 6.65. The lowest BCUT2D eigenvalue weighted by atomic mass is 10.2. The van der Waals surface area contributed by atoms with Crippen molar-refractivity contribution in [3.05, 3.63) is 29.2 Å². The van der Waals surface area contributed by atoms with Gasteiger partial charge in [0, 0.05) is 18.3 Å². The van der Waals surface area contributed by atoms with Crippen LogP contribution in [0.5, 0.6) is 0 Å². The summed E-state index contributed by atoms with van der Waals surface area (Å²) in [6.07, 6.45) is 5.85. The van der Waals surface area contributed by atoms with Crippen LogP contribution < -0.4 is 0 Å². The standard InChI is InChI=1S/C11H13N3O2S.BrH/c1-8-12-11(17-13-8)9-3-5-14(6-4-9)7-10(15)16-2;/h3-5H,6-7H2,1-2H3;1H. The Morgan fingerprint density at radius 1 is 1.61 bits per heavy atom. The number of rotatable bonds is 3. The van der Waals surface area contributed by atoms with Crippen molar-refractivity contribution in [2.75, 3.05) is 20.2 Å². The van der Waals surface area contributed by atoms with Gasteiger partial charge >= 0.3 is 5.97 Å². The molecule has 2 heterocycles. The molecule has 2 rings (SSSR count). The van der Waals surface area contributed by atoms with Crippen LogP contribution in [0.15, 0.2) is 18.4 Å². The molecule has 98 valence electrons. The second-order valence-electron chi connectivity index (χ2n) is 3.63. The van der Waals surface area contributed by atoms with E-state index in [0.717, 1.165) is 16.4 Å². The number of allylic oxidation sites excluding steroid dienone is 2. The molecule has 7 heteroatoms. The first-order chi connectivity index (χ1) is 8.19. The predicted octanol–water partition coefficient (Wildman–Crippen LogP) is 1.81. The molecule has 5 nitrogen and oxygen atoms in total. The van der Waals surface area contributed by atoms with E-state index in [0.29, 0.717) is 6.54 Å². The van der Waals surface area contributed by atoms with Gasteiger partial charge < -0.3 is 9.64 Å². The van der Waals surface area contributed by atoms with Crippen LogP contribution in [0.4, 0.5) is 0 Å². The van der Waals surface area contributed by atoms with Crippen molar-refractivity contribution in [2.45, 2.75) is 6.92 Å². The molecule has 0 saturated heterocycles. The van der Waals surface area contributed by atoms with Gasteiger partial charge in [0.25, 0.3) is 0 Å². The van der Waals surface area contributed by atoms with Crippen molar-refractivity contribution in [3.8, 4) is 0 Å². The molecule has 1 aliphatic heterocycles. The summed E-state index contributed by atoms with van der Waals surface area (Å²) in [5.41, 5.74) is 1.05. The summed E-state index contributed by atoms with van der Waals surface area (Å²) < 4.78 is 8.75. The third kappa shape index (κ3) is 3.64. The summed E-state index contributed by atoms with van der Waals surface area (Å²) in [7, 11) is 1.39. The normalized spacial score (nSPS) is 13.9. The summed E-state index contributed by atoms with van der Waals surface area (Å²) >= 11 is 1.38. The maximum absolute atomic E-state index is 11.1. The molecular weight excluding hydrogens is 318 g/mol. The Bertz CT molecular complexity index is 484. The van der Waals surface area contributed by atoms with Crippen LogP contribution in [0.2, 0.25) is 0 Å². The Kier molecular flexibility index (Phi) is 5.49. The van der Waals surface area contributed by atoms with Gasteiger partial charge in [-0.3, -0.25) is 4.79 Å². The Hall–Kier alpha value is -1.21.